The summed E-state index contributed by atoms with van der Waals surface area (Å²) in [7, 11) is 0. The summed E-state index contributed by atoms with van der Waals surface area (Å²) in [5.74, 6) is -1.25. The molecule has 1 aliphatic heterocycles. The fourth-order valence-corrected chi connectivity index (χ4v) is 2.85. The fourth-order valence-electron chi connectivity index (χ4n) is 2.85. The van der Waals surface area contributed by atoms with Gasteiger partial charge in [0.15, 0.2) is 0 Å². The summed E-state index contributed by atoms with van der Waals surface area (Å²) in [5.41, 5.74) is 3.26. The van der Waals surface area contributed by atoms with Crippen LogP contribution in [-0.4, -0.2) is 23.3 Å². The molecule has 1 fully saturated rings. The lowest BCUT2D eigenvalue weighted by Crippen LogP contribution is -2.33. The first-order chi connectivity index (χ1) is 12.0. The van der Waals surface area contributed by atoms with Crippen LogP contribution in [-0.2, 0) is 22.7 Å². The Balaban J connectivity index is 1.54. The van der Waals surface area contributed by atoms with Crippen molar-refractivity contribution in [1.82, 2.24) is 4.90 Å². The first-order valence-corrected chi connectivity index (χ1v) is 8.27. The lowest BCUT2D eigenvalue weighted by molar-refractivity contribution is -0.311. The Morgan fingerprint density at radius 3 is 2.36 bits per heavy atom. The highest BCUT2D eigenvalue weighted by Gasteiger charge is 2.30. The van der Waals surface area contributed by atoms with Crippen LogP contribution < -0.4 is 9.84 Å². The van der Waals surface area contributed by atoms with Gasteiger partial charge >= 0.3 is 0 Å². The zero-order chi connectivity index (χ0) is 17.8. The summed E-state index contributed by atoms with van der Waals surface area (Å²) in [6.07, 6.45) is 0.0279. The van der Waals surface area contributed by atoms with E-state index in [1.807, 2.05) is 43.3 Å². The molecule has 0 radical (unpaired) electrons. The number of aliphatic carboxylic acids is 1. The largest absolute Gasteiger partial charge is 0.550 e. The van der Waals surface area contributed by atoms with Crippen LogP contribution in [0.4, 0.5) is 0 Å². The van der Waals surface area contributed by atoms with Crippen molar-refractivity contribution >= 4 is 11.9 Å². The molecule has 5 nitrogen and oxygen atoms in total. The Hall–Kier alpha value is -2.82. The molecule has 1 heterocycles. The van der Waals surface area contributed by atoms with Gasteiger partial charge in [0.25, 0.3) is 0 Å². The van der Waals surface area contributed by atoms with Crippen LogP contribution in [0, 0.1) is 12.8 Å². The van der Waals surface area contributed by atoms with Crippen molar-refractivity contribution in [2.24, 2.45) is 5.92 Å². The molecule has 0 aromatic heterocycles. The van der Waals surface area contributed by atoms with E-state index in [2.05, 4.69) is 12.1 Å². The van der Waals surface area contributed by atoms with Gasteiger partial charge in [-0.25, -0.2) is 0 Å². The number of rotatable bonds is 6. The van der Waals surface area contributed by atoms with Crippen molar-refractivity contribution in [3.05, 3.63) is 65.2 Å². The average Bonchev–Trinajstić information content (AvgIpc) is 2.97. The Morgan fingerprint density at radius 2 is 1.76 bits per heavy atom. The van der Waals surface area contributed by atoms with E-state index in [-0.39, 0.29) is 18.9 Å². The van der Waals surface area contributed by atoms with E-state index in [0.717, 1.165) is 16.9 Å². The molecule has 0 aliphatic carbocycles. The lowest BCUT2D eigenvalue weighted by Gasteiger charge is -2.17. The molecule has 2 aromatic rings. The zero-order valence-corrected chi connectivity index (χ0v) is 14.1. The number of carbonyl (C=O) groups excluding carboxylic acids is 2. The maximum absolute atomic E-state index is 11.9. The molecule has 2 aromatic carbocycles. The number of nitrogens with zero attached hydrogens (tertiary/aromatic N) is 1. The Bertz CT molecular complexity index is 752. The minimum absolute atomic E-state index is 0.0279. The van der Waals surface area contributed by atoms with Crippen LogP contribution >= 0.6 is 0 Å². The third kappa shape index (κ3) is 4.38. The summed E-state index contributed by atoms with van der Waals surface area (Å²) in [6, 6.07) is 15.7. The molecular formula is C20H20NO4-. The fraction of sp³-hybridized carbons (Fsp3) is 0.300. The van der Waals surface area contributed by atoms with Crippen molar-refractivity contribution < 1.29 is 19.4 Å². The number of likely N-dealkylation sites (tertiary alicyclic amines) is 1. The lowest BCUT2D eigenvalue weighted by atomic mass is 10.1. The van der Waals surface area contributed by atoms with E-state index < -0.39 is 11.9 Å². The van der Waals surface area contributed by atoms with Gasteiger partial charge in [0.2, 0.25) is 5.91 Å². The molecule has 0 saturated carbocycles. The van der Waals surface area contributed by atoms with Crippen molar-refractivity contribution in [2.75, 3.05) is 6.54 Å². The number of carboxylic acids is 1. The Morgan fingerprint density at radius 1 is 1.12 bits per heavy atom. The maximum Gasteiger partial charge on any atom is 0.223 e. The average molecular weight is 338 g/mol. The monoisotopic (exact) mass is 338 g/mol. The first kappa shape index (κ1) is 17.0. The summed E-state index contributed by atoms with van der Waals surface area (Å²) in [5, 5.41) is 10.9. The molecule has 1 saturated heterocycles. The van der Waals surface area contributed by atoms with Crippen LogP contribution in [0.2, 0.25) is 0 Å². The zero-order valence-electron chi connectivity index (χ0n) is 14.1. The second-order valence-electron chi connectivity index (χ2n) is 6.41. The smallest absolute Gasteiger partial charge is 0.223 e. The molecule has 5 heteroatoms. The minimum atomic E-state index is -1.16. The van der Waals surface area contributed by atoms with E-state index in [0.29, 0.717) is 13.2 Å². The van der Waals surface area contributed by atoms with E-state index in [9.17, 15) is 14.7 Å². The molecule has 1 aliphatic rings. The predicted octanol–water partition coefficient (Wildman–Crippen LogP) is 1.67. The number of benzene rings is 2. The number of hydrogen-bond acceptors (Lipinski definition) is 4. The topological polar surface area (TPSA) is 69.7 Å². The van der Waals surface area contributed by atoms with Crippen LogP contribution in [0.5, 0.6) is 5.75 Å². The molecule has 0 unspecified atom stereocenters. The number of hydrogen-bond donors (Lipinski definition) is 0. The van der Waals surface area contributed by atoms with E-state index >= 15 is 0 Å². The molecule has 1 atom stereocenters. The van der Waals surface area contributed by atoms with Crippen molar-refractivity contribution in [3.63, 3.8) is 0 Å². The van der Waals surface area contributed by atoms with Gasteiger partial charge in [-0.2, -0.15) is 0 Å². The summed E-state index contributed by atoms with van der Waals surface area (Å²) in [4.78, 5) is 24.3. The van der Waals surface area contributed by atoms with Crippen LogP contribution in [0.15, 0.2) is 48.5 Å². The molecular weight excluding hydrogens is 318 g/mol. The standard InChI is InChI=1S/C20H21NO4/c1-14-2-4-16(5-3-14)13-25-18-8-6-15(7-9-18)11-21-12-17(20(23)24)10-19(21)22/h2-9,17H,10-13H2,1H3,(H,23,24)/p-1/t17-/m1/s1. The second kappa shape index (κ2) is 7.38. The van der Waals surface area contributed by atoms with E-state index in [1.165, 1.54) is 5.56 Å². The molecule has 1 amide bonds. The van der Waals surface area contributed by atoms with Gasteiger partial charge in [0.1, 0.15) is 12.4 Å². The molecule has 0 N–H and O–H groups in total. The normalized spacial score (nSPS) is 16.9. The quantitative estimate of drug-likeness (QED) is 0.803. The highest BCUT2D eigenvalue weighted by atomic mass is 16.5. The van der Waals surface area contributed by atoms with Gasteiger partial charge < -0.3 is 19.5 Å². The maximum atomic E-state index is 11.9. The predicted molar refractivity (Wildman–Crippen MR) is 90.5 cm³/mol. The Labute approximate surface area is 146 Å². The van der Waals surface area contributed by atoms with Crippen LogP contribution in [0.1, 0.15) is 23.1 Å². The molecule has 0 spiro atoms. The van der Waals surface area contributed by atoms with Gasteiger partial charge in [-0.3, -0.25) is 4.79 Å². The van der Waals surface area contributed by atoms with Crippen LogP contribution in [0.25, 0.3) is 0 Å². The minimum Gasteiger partial charge on any atom is -0.550 e. The summed E-state index contributed by atoms with van der Waals surface area (Å²) in [6.45, 7) is 3.16. The molecule has 3 rings (SSSR count). The molecule has 25 heavy (non-hydrogen) atoms. The van der Waals surface area contributed by atoms with Crippen molar-refractivity contribution in [2.45, 2.75) is 26.5 Å². The third-order valence-corrected chi connectivity index (χ3v) is 4.37. The number of aryl methyl sites for hydroxylation is 1. The van der Waals surface area contributed by atoms with Gasteiger partial charge in [-0.15, -0.1) is 0 Å². The number of carbonyl (C=O) groups is 2. The molecule has 0 bridgehead atoms. The van der Waals surface area contributed by atoms with Crippen molar-refractivity contribution in [1.29, 1.82) is 0 Å². The van der Waals surface area contributed by atoms with Gasteiger partial charge in [0, 0.05) is 31.4 Å². The molecule has 130 valence electrons. The van der Waals surface area contributed by atoms with Crippen molar-refractivity contribution in [3.8, 4) is 5.75 Å². The second-order valence-corrected chi connectivity index (χ2v) is 6.41. The number of ether oxygens (including phenoxy) is 1. The summed E-state index contributed by atoms with van der Waals surface area (Å²) >= 11 is 0. The Kier molecular flexibility index (Phi) is 5.03. The number of amides is 1. The number of carboxylic acid groups (broad SMARTS) is 1. The third-order valence-electron chi connectivity index (χ3n) is 4.37. The summed E-state index contributed by atoms with van der Waals surface area (Å²) < 4.78 is 5.76. The van der Waals surface area contributed by atoms with Gasteiger partial charge in [-0.05, 0) is 30.2 Å². The van der Waals surface area contributed by atoms with Gasteiger partial charge in [-0.1, -0.05) is 42.0 Å². The van der Waals surface area contributed by atoms with Gasteiger partial charge in [0.05, 0.1) is 0 Å². The first-order valence-electron chi connectivity index (χ1n) is 8.27. The van der Waals surface area contributed by atoms with Crippen LogP contribution in [0.3, 0.4) is 0 Å². The highest BCUT2D eigenvalue weighted by Crippen LogP contribution is 2.21. The SMILES string of the molecule is Cc1ccc(COc2ccc(CN3C[C@H](C(=O)[O-])CC3=O)cc2)cc1. The highest BCUT2D eigenvalue weighted by molar-refractivity contribution is 5.85. The van der Waals surface area contributed by atoms with E-state index in [4.69, 9.17) is 4.74 Å². The van der Waals surface area contributed by atoms with E-state index in [1.54, 1.807) is 4.90 Å².